The molecule has 0 saturated carbocycles. The monoisotopic (exact) mass is 254 g/mol. The maximum Gasteiger partial charge on any atom is 0.272 e. The van der Waals surface area contributed by atoms with Crippen LogP contribution in [-0.4, -0.2) is 40.6 Å². The zero-order valence-electron chi connectivity index (χ0n) is 9.47. The summed E-state index contributed by atoms with van der Waals surface area (Å²) in [5.74, 6) is 0.246. The number of rotatable bonds is 2. The number of pyridine rings is 1. The maximum atomic E-state index is 12.1. The molecule has 1 aliphatic rings. The van der Waals surface area contributed by atoms with Crippen LogP contribution in [0.4, 0.5) is 0 Å². The summed E-state index contributed by atoms with van der Waals surface area (Å²) in [6, 6.07) is 3.23. The average molecular weight is 255 g/mol. The number of aliphatic hydroxyl groups is 1. The Morgan fingerprint density at radius 2 is 2.24 bits per heavy atom. The minimum Gasteiger partial charge on any atom is -0.396 e. The van der Waals surface area contributed by atoms with Crippen LogP contribution in [0.15, 0.2) is 18.3 Å². The lowest BCUT2D eigenvalue weighted by molar-refractivity contribution is 0.0645. The van der Waals surface area contributed by atoms with Crippen LogP contribution in [0.1, 0.15) is 23.3 Å². The van der Waals surface area contributed by atoms with Crippen molar-refractivity contribution in [2.24, 2.45) is 5.92 Å². The molecule has 1 saturated heterocycles. The van der Waals surface area contributed by atoms with Crippen molar-refractivity contribution in [3.63, 3.8) is 0 Å². The van der Waals surface area contributed by atoms with E-state index in [4.69, 9.17) is 16.7 Å². The molecule has 1 amide bonds. The highest BCUT2D eigenvalue weighted by molar-refractivity contribution is 6.30. The van der Waals surface area contributed by atoms with Crippen LogP contribution >= 0.6 is 11.6 Å². The molecule has 17 heavy (non-hydrogen) atoms. The fraction of sp³-hybridized carbons (Fsp3) is 0.500. The Bertz CT molecular complexity index is 403. The third kappa shape index (κ3) is 2.96. The van der Waals surface area contributed by atoms with Crippen LogP contribution in [0.25, 0.3) is 0 Å². The standard InChI is InChI=1S/C12H15ClN2O2/c13-10-1-4-14-11(7-10)12(17)15-5-2-9(8-16)3-6-15/h1,4,7,9,16H,2-3,5-6,8H2. The number of nitrogens with zero attached hydrogens (tertiary/aromatic N) is 2. The second-order valence-electron chi connectivity index (χ2n) is 4.28. The molecular weight excluding hydrogens is 240 g/mol. The molecule has 2 heterocycles. The molecule has 92 valence electrons. The van der Waals surface area contributed by atoms with Crippen molar-refractivity contribution in [1.29, 1.82) is 0 Å². The van der Waals surface area contributed by atoms with Crippen LogP contribution in [0.5, 0.6) is 0 Å². The molecule has 0 aromatic carbocycles. The fourth-order valence-corrected chi connectivity index (χ4v) is 2.16. The Balaban J connectivity index is 2.02. The van der Waals surface area contributed by atoms with Crippen molar-refractivity contribution in [1.82, 2.24) is 9.88 Å². The van der Waals surface area contributed by atoms with E-state index in [1.807, 2.05) is 0 Å². The third-order valence-electron chi connectivity index (χ3n) is 3.10. The zero-order valence-corrected chi connectivity index (χ0v) is 10.2. The van der Waals surface area contributed by atoms with E-state index in [1.54, 1.807) is 17.0 Å². The van der Waals surface area contributed by atoms with Crippen molar-refractivity contribution in [2.75, 3.05) is 19.7 Å². The van der Waals surface area contributed by atoms with E-state index in [9.17, 15) is 4.79 Å². The van der Waals surface area contributed by atoms with Crippen molar-refractivity contribution in [3.8, 4) is 0 Å². The first kappa shape index (κ1) is 12.3. The molecule has 1 aromatic rings. The van der Waals surface area contributed by atoms with E-state index in [0.717, 1.165) is 12.8 Å². The van der Waals surface area contributed by atoms with Gasteiger partial charge in [0.1, 0.15) is 5.69 Å². The van der Waals surface area contributed by atoms with Gasteiger partial charge in [-0.1, -0.05) is 11.6 Å². The zero-order chi connectivity index (χ0) is 12.3. The van der Waals surface area contributed by atoms with Gasteiger partial charge in [0.15, 0.2) is 0 Å². The summed E-state index contributed by atoms with van der Waals surface area (Å²) >= 11 is 5.83. The number of halogens is 1. The molecular formula is C12H15ClN2O2. The molecule has 1 aliphatic heterocycles. The van der Waals surface area contributed by atoms with Gasteiger partial charge in [-0.05, 0) is 30.9 Å². The summed E-state index contributed by atoms with van der Waals surface area (Å²) in [6.45, 7) is 1.56. The van der Waals surface area contributed by atoms with Crippen molar-refractivity contribution < 1.29 is 9.90 Å². The molecule has 0 atom stereocenters. The van der Waals surface area contributed by atoms with E-state index in [-0.39, 0.29) is 12.5 Å². The lowest BCUT2D eigenvalue weighted by Crippen LogP contribution is -2.39. The average Bonchev–Trinajstić information content (AvgIpc) is 2.38. The quantitative estimate of drug-likeness (QED) is 0.872. The van der Waals surface area contributed by atoms with E-state index in [2.05, 4.69) is 4.98 Å². The second kappa shape index (κ2) is 5.47. The third-order valence-corrected chi connectivity index (χ3v) is 3.34. The van der Waals surface area contributed by atoms with Gasteiger partial charge in [-0.25, -0.2) is 0 Å². The Morgan fingerprint density at radius 1 is 1.53 bits per heavy atom. The SMILES string of the molecule is O=C(c1cc(Cl)ccn1)N1CCC(CO)CC1. The number of amides is 1. The number of likely N-dealkylation sites (tertiary alicyclic amines) is 1. The Kier molecular flexibility index (Phi) is 3.97. The number of aliphatic hydroxyl groups excluding tert-OH is 1. The molecule has 2 rings (SSSR count). The van der Waals surface area contributed by atoms with Gasteiger partial charge < -0.3 is 10.0 Å². The Morgan fingerprint density at radius 3 is 2.82 bits per heavy atom. The molecule has 0 spiro atoms. The summed E-state index contributed by atoms with van der Waals surface area (Å²) in [6.07, 6.45) is 3.24. The fourth-order valence-electron chi connectivity index (χ4n) is 2.00. The number of hydrogen-bond acceptors (Lipinski definition) is 3. The number of carbonyl (C=O) groups is 1. The van der Waals surface area contributed by atoms with Crippen LogP contribution in [0, 0.1) is 5.92 Å². The summed E-state index contributed by atoms with van der Waals surface area (Å²) in [4.78, 5) is 17.9. The molecule has 0 aliphatic carbocycles. The van der Waals surface area contributed by atoms with Gasteiger partial charge in [0.2, 0.25) is 0 Å². The normalized spacial score (nSPS) is 17.2. The van der Waals surface area contributed by atoms with Gasteiger partial charge in [-0.3, -0.25) is 9.78 Å². The molecule has 1 fully saturated rings. The highest BCUT2D eigenvalue weighted by atomic mass is 35.5. The summed E-state index contributed by atoms with van der Waals surface area (Å²) in [5, 5.41) is 9.56. The van der Waals surface area contributed by atoms with Crippen LogP contribution in [0.2, 0.25) is 5.02 Å². The topological polar surface area (TPSA) is 53.4 Å². The summed E-state index contributed by atoms with van der Waals surface area (Å²) in [5.41, 5.74) is 0.389. The first-order valence-electron chi connectivity index (χ1n) is 5.72. The molecule has 0 bridgehead atoms. The minimum absolute atomic E-state index is 0.0797. The molecule has 0 unspecified atom stereocenters. The van der Waals surface area contributed by atoms with Gasteiger partial charge in [-0.15, -0.1) is 0 Å². The van der Waals surface area contributed by atoms with E-state index in [1.165, 1.54) is 6.20 Å². The predicted octanol–water partition coefficient (Wildman–Crippen LogP) is 1.58. The van der Waals surface area contributed by atoms with Gasteiger partial charge in [-0.2, -0.15) is 0 Å². The second-order valence-corrected chi connectivity index (χ2v) is 4.71. The van der Waals surface area contributed by atoms with E-state index < -0.39 is 0 Å². The highest BCUT2D eigenvalue weighted by Gasteiger charge is 2.23. The molecule has 4 nitrogen and oxygen atoms in total. The molecule has 1 aromatic heterocycles. The minimum atomic E-state index is -0.0797. The number of carbonyl (C=O) groups excluding carboxylic acids is 1. The number of hydrogen-bond donors (Lipinski definition) is 1. The van der Waals surface area contributed by atoms with Crippen LogP contribution < -0.4 is 0 Å². The molecule has 0 radical (unpaired) electrons. The van der Waals surface area contributed by atoms with E-state index >= 15 is 0 Å². The molecule has 5 heteroatoms. The number of aromatic nitrogens is 1. The van der Waals surface area contributed by atoms with Gasteiger partial charge in [0.05, 0.1) is 0 Å². The van der Waals surface area contributed by atoms with E-state index in [0.29, 0.717) is 29.7 Å². The Labute approximate surface area is 105 Å². The van der Waals surface area contributed by atoms with Crippen molar-refractivity contribution >= 4 is 17.5 Å². The van der Waals surface area contributed by atoms with Crippen LogP contribution in [-0.2, 0) is 0 Å². The highest BCUT2D eigenvalue weighted by Crippen LogP contribution is 2.18. The first-order valence-corrected chi connectivity index (χ1v) is 6.10. The van der Waals surface area contributed by atoms with Crippen LogP contribution in [0.3, 0.4) is 0 Å². The number of piperidine rings is 1. The van der Waals surface area contributed by atoms with Gasteiger partial charge in [0, 0.05) is 30.9 Å². The van der Waals surface area contributed by atoms with Gasteiger partial charge in [0.25, 0.3) is 5.91 Å². The largest absolute Gasteiger partial charge is 0.396 e. The van der Waals surface area contributed by atoms with Crippen molar-refractivity contribution in [3.05, 3.63) is 29.0 Å². The lowest BCUT2D eigenvalue weighted by Gasteiger charge is -2.30. The summed E-state index contributed by atoms with van der Waals surface area (Å²) < 4.78 is 0. The summed E-state index contributed by atoms with van der Waals surface area (Å²) in [7, 11) is 0. The van der Waals surface area contributed by atoms with Gasteiger partial charge >= 0.3 is 0 Å². The maximum absolute atomic E-state index is 12.1. The molecule has 1 N–H and O–H groups in total. The first-order chi connectivity index (χ1) is 8.20. The lowest BCUT2D eigenvalue weighted by atomic mass is 9.98. The smallest absolute Gasteiger partial charge is 0.272 e. The predicted molar refractivity (Wildman–Crippen MR) is 65.0 cm³/mol. The Hall–Kier alpha value is -1.13. The van der Waals surface area contributed by atoms with Crippen molar-refractivity contribution in [2.45, 2.75) is 12.8 Å².